The Bertz CT molecular complexity index is 833. The number of carbonyl (C=O) groups is 3. The van der Waals surface area contributed by atoms with Gasteiger partial charge in [-0.25, -0.2) is 0 Å². The molecule has 2 aliphatic rings. The van der Waals surface area contributed by atoms with Crippen LogP contribution in [0.4, 0.5) is 5.69 Å². The van der Waals surface area contributed by atoms with E-state index in [1.54, 1.807) is 6.07 Å². The van der Waals surface area contributed by atoms with Gasteiger partial charge < -0.3 is 20.1 Å². The number of piperidine rings is 2. The lowest BCUT2D eigenvalue weighted by molar-refractivity contribution is -0.147. The summed E-state index contributed by atoms with van der Waals surface area (Å²) in [7, 11) is 1.47. The summed E-state index contributed by atoms with van der Waals surface area (Å²) < 4.78 is 10.5. The van der Waals surface area contributed by atoms with Crippen LogP contribution in [0.1, 0.15) is 56.3 Å². The summed E-state index contributed by atoms with van der Waals surface area (Å²) >= 11 is 6.26. The molecule has 1 aromatic carbocycles. The van der Waals surface area contributed by atoms with Crippen molar-refractivity contribution < 1.29 is 23.9 Å². The molecule has 2 aliphatic heterocycles. The highest BCUT2D eigenvalue weighted by molar-refractivity contribution is 6.34. The molecular weight excluding hydrogens is 422 g/mol. The molecule has 2 N–H and O–H groups in total. The number of nitrogens with one attached hydrogen (secondary N) is 2. The topological polar surface area (TPSA) is 97.0 Å². The first-order valence-electron chi connectivity index (χ1n) is 10.7. The molecule has 2 unspecified atom stereocenters. The number of ether oxygens (including phenoxy) is 2. The van der Waals surface area contributed by atoms with Crippen molar-refractivity contribution in [2.24, 2.45) is 0 Å². The molecule has 2 bridgehead atoms. The average Bonchev–Trinajstić information content (AvgIpc) is 2.69. The minimum absolute atomic E-state index is 0.000233. The Hall–Kier alpha value is -2.32. The number of hydrogen-bond donors (Lipinski definition) is 2. The molecule has 0 aliphatic carbocycles. The lowest BCUT2D eigenvalue weighted by Gasteiger charge is -2.48. The Morgan fingerprint density at radius 1 is 1.19 bits per heavy atom. The van der Waals surface area contributed by atoms with E-state index in [0.717, 1.165) is 32.1 Å². The summed E-state index contributed by atoms with van der Waals surface area (Å²) in [5.74, 6) is -0.386. The predicted octanol–water partition coefficient (Wildman–Crippen LogP) is 2.99. The number of methoxy groups -OCH3 is 1. The zero-order valence-electron chi connectivity index (χ0n) is 18.2. The molecule has 31 heavy (non-hydrogen) atoms. The number of halogens is 1. The van der Waals surface area contributed by atoms with E-state index in [2.05, 4.69) is 15.5 Å². The number of amides is 2. The summed E-state index contributed by atoms with van der Waals surface area (Å²) in [5.41, 5.74) is 0.713. The lowest BCUT2D eigenvalue weighted by Crippen LogP contribution is -2.58. The second-order valence-electron chi connectivity index (χ2n) is 8.07. The van der Waals surface area contributed by atoms with Crippen molar-refractivity contribution in [3.05, 3.63) is 22.7 Å². The van der Waals surface area contributed by atoms with Gasteiger partial charge in [-0.2, -0.15) is 0 Å². The first kappa shape index (κ1) is 23.3. The van der Waals surface area contributed by atoms with Crippen molar-refractivity contribution in [2.75, 3.05) is 25.6 Å². The minimum Gasteiger partial charge on any atom is -0.496 e. The smallest absolute Gasteiger partial charge is 0.320 e. The summed E-state index contributed by atoms with van der Waals surface area (Å²) in [6.07, 6.45) is 4.69. The average molecular weight is 452 g/mol. The van der Waals surface area contributed by atoms with Gasteiger partial charge in [0.05, 0.1) is 36.5 Å². The number of nitrogens with zero attached hydrogens (tertiary/aromatic N) is 1. The van der Waals surface area contributed by atoms with Crippen molar-refractivity contribution in [3.8, 4) is 5.75 Å². The van der Waals surface area contributed by atoms with Crippen LogP contribution in [0.5, 0.6) is 5.75 Å². The van der Waals surface area contributed by atoms with Gasteiger partial charge in [-0.3, -0.25) is 19.3 Å². The number of anilines is 1. The fourth-order valence-corrected chi connectivity index (χ4v) is 4.87. The van der Waals surface area contributed by atoms with E-state index in [9.17, 15) is 14.4 Å². The molecule has 0 saturated carbocycles. The van der Waals surface area contributed by atoms with Crippen molar-refractivity contribution in [2.45, 2.75) is 64.1 Å². The molecular formula is C22H30ClN3O5. The van der Waals surface area contributed by atoms with Gasteiger partial charge in [0.15, 0.2) is 0 Å². The monoisotopic (exact) mass is 451 g/mol. The zero-order chi connectivity index (χ0) is 22.5. The number of esters is 1. The van der Waals surface area contributed by atoms with Crippen LogP contribution in [0.3, 0.4) is 0 Å². The van der Waals surface area contributed by atoms with Gasteiger partial charge in [0.25, 0.3) is 5.91 Å². The van der Waals surface area contributed by atoms with E-state index in [1.165, 1.54) is 20.1 Å². The molecule has 0 radical (unpaired) electrons. The Kier molecular flexibility index (Phi) is 7.78. The minimum atomic E-state index is -0.268. The van der Waals surface area contributed by atoms with Crippen LogP contribution in [0.2, 0.25) is 5.02 Å². The van der Waals surface area contributed by atoms with E-state index >= 15 is 0 Å². The normalized spacial score (nSPS) is 23.0. The van der Waals surface area contributed by atoms with Gasteiger partial charge in [0.2, 0.25) is 5.91 Å². The van der Waals surface area contributed by atoms with Gasteiger partial charge in [-0.15, -0.1) is 0 Å². The van der Waals surface area contributed by atoms with Crippen molar-refractivity contribution in [1.82, 2.24) is 10.2 Å². The van der Waals surface area contributed by atoms with Crippen LogP contribution >= 0.6 is 11.6 Å². The van der Waals surface area contributed by atoms with Crippen LogP contribution in [0.15, 0.2) is 12.1 Å². The zero-order valence-corrected chi connectivity index (χ0v) is 19.0. The fourth-order valence-electron chi connectivity index (χ4n) is 4.66. The van der Waals surface area contributed by atoms with Gasteiger partial charge in [-0.1, -0.05) is 18.0 Å². The van der Waals surface area contributed by atoms with Gasteiger partial charge in [-0.05, 0) is 38.7 Å². The van der Waals surface area contributed by atoms with E-state index in [4.69, 9.17) is 21.1 Å². The number of hydrogen-bond acceptors (Lipinski definition) is 6. The van der Waals surface area contributed by atoms with Gasteiger partial charge >= 0.3 is 5.97 Å². The quantitative estimate of drug-likeness (QED) is 0.618. The molecule has 2 heterocycles. The molecule has 2 atom stereocenters. The van der Waals surface area contributed by atoms with Crippen LogP contribution in [-0.4, -0.2) is 61.1 Å². The van der Waals surface area contributed by atoms with Crippen molar-refractivity contribution in [1.29, 1.82) is 0 Å². The van der Waals surface area contributed by atoms with Crippen LogP contribution in [0, 0.1) is 0 Å². The van der Waals surface area contributed by atoms with E-state index < -0.39 is 0 Å². The van der Waals surface area contributed by atoms with Crippen molar-refractivity contribution >= 4 is 35.1 Å². The highest BCUT2D eigenvalue weighted by Crippen LogP contribution is 2.35. The van der Waals surface area contributed by atoms with Gasteiger partial charge in [0.1, 0.15) is 5.75 Å². The molecule has 3 rings (SSSR count). The van der Waals surface area contributed by atoms with E-state index in [0.29, 0.717) is 30.2 Å². The Morgan fingerprint density at radius 2 is 1.87 bits per heavy atom. The number of carbonyl (C=O) groups excluding carboxylic acids is 3. The molecule has 1 aromatic rings. The maximum atomic E-state index is 13.0. The Balaban J connectivity index is 1.69. The van der Waals surface area contributed by atoms with Crippen LogP contribution < -0.4 is 15.4 Å². The fraction of sp³-hybridized carbons (Fsp3) is 0.591. The molecule has 170 valence electrons. The van der Waals surface area contributed by atoms with Crippen molar-refractivity contribution in [3.63, 3.8) is 0 Å². The molecule has 2 saturated heterocycles. The largest absolute Gasteiger partial charge is 0.496 e. The number of benzene rings is 1. The summed E-state index contributed by atoms with van der Waals surface area (Å²) in [5, 5.41) is 6.01. The number of fused-ring (bicyclic) bond motifs is 2. The van der Waals surface area contributed by atoms with Crippen LogP contribution in [-0.2, 0) is 14.3 Å². The highest BCUT2D eigenvalue weighted by atomic mass is 35.5. The Morgan fingerprint density at radius 3 is 2.45 bits per heavy atom. The molecule has 2 fully saturated rings. The third kappa shape index (κ3) is 5.68. The number of rotatable bonds is 7. The maximum Gasteiger partial charge on any atom is 0.320 e. The summed E-state index contributed by atoms with van der Waals surface area (Å²) in [6.45, 7) is 3.88. The first-order valence-corrected chi connectivity index (χ1v) is 11.1. The molecule has 9 heteroatoms. The van der Waals surface area contributed by atoms with Crippen LogP contribution in [0.25, 0.3) is 0 Å². The molecule has 8 nitrogen and oxygen atoms in total. The second kappa shape index (κ2) is 10.3. The second-order valence-corrected chi connectivity index (χ2v) is 8.48. The first-order chi connectivity index (χ1) is 14.8. The summed E-state index contributed by atoms with van der Waals surface area (Å²) in [4.78, 5) is 38.6. The molecule has 0 spiro atoms. The standard InChI is InChI=1S/C22H30ClN3O5/c1-4-31-21(28)12-26-15-6-5-7-16(26)9-14(8-15)25-22(29)17-10-18(23)19(24-13(2)27)11-20(17)30-3/h10-11,14-16H,4-9,12H2,1-3H3,(H,24,27)(H,25,29). The van der Waals surface area contributed by atoms with Gasteiger partial charge in [0, 0.05) is 31.1 Å². The van der Waals surface area contributed by atoms with E-state index in [-0.39, 0.29) is 40.9 Å². The SMILES string of the molecule is CCOC(=O)CN1C2CCCC1CC(NC(=O)c1cc(Cl)c(NC(C)=O)cc1OC)C2. The maximum absolute atomic E-state index is 13.0. The third-order valence-corrected chi connectivity index (χ3v) is 6.24. The lowest BCUT2D eigenvalue weighted by atomic mass is 9.81. The predicted molar refractivity (Wildman–Crippen MR) is 118 cm³/mol. The molecule has 2 amide bonds. The summed E-state index contributed by atoms with van der Waals surface area (Å²) in [6, 6.07) is 3.55. The Labute approximate surface area is 187 Å². The van der Waals surface area contributed by atoms with E-state index in [1.807, 2.05) is 6.92 Å². The highest BCUT2D eigenvalue weighted by Gasteiger charge is 2.39. The molecule has 0 aromatic heterocycles. The third-order valence-electron chi connectivity index (χ3n) is 5.92.